The number of aromatic nitrogens is 1. The summed E-state index contributed by atoms with van der Waals surface area (Å²) in [6.07, 6.45) is 2.17. The van der Waals surface area contributed by atoms with Gasteiger partial charge in [-0.3, -0.25) is 4.79 Å². The van der Waals surface area contributed by atoms with Gasteiger partial charge in [-0.2, -0.15) is 0 Å². The SMILES string of the molecule is CC(C)(NC(=O)c1ccc(C#CCCO)s1)c1nccs1. The average molecular weight is 320 g/mol. The van der Waals surface area contributed by atoms with Crippen molar-refractivity contribution in [3.63, 3.8) is 0 Å². The number of nitrogens with one attached hydrogen (secondary N) is 1. The molecule has 0 spiro atoms. The molecule has 4 nitrogen and oxygen atoms in total. The van der Waals surface area contributed by atoms with Crippen LogP contribution in [0.3, 0.4) is 0 Å². The van der Waals surface area contributed by atoms with E-state index in [1.54, 1.807) is 12.3 Å². The summed E-state index contributed by atoms with van der Waals surface area (Å²) in [6, 6.07) is 3.58. The Morgan fingerprint density at radius 2 is 2.29 bits per heavy atom. The highest BCUT2D eigenvalue weighted by molar-refractivity contribution is 7.14. The highest BCUT2D eigenvalue weighted by Crippen LogP contribution is 2.24. The van der Waals surface area contributed by atoms with Crippen molar-refractivity contribution in [2.75, 3.05) is 6.61 Å². The van der Waals surface area contributed by atoms with Crippen molar-refractivity contribution in [3.05, 3.63) is 38.5 Å². The number of amides is 1. The third-order valence-corrected chi connectivity index (χ3v) is 4.77. The molecule has 2 N–H and O–H groups in total. The van der Waals surface area contributed by atoms with Crippen LogP contribution in [0.5, 0.6) is 0 Å². The van der Waals surface area contributed by atoms with E-state index < -0.39 is 5.54 Å². The fraction of sp³-hybridized carbons (Fsp3) is 0.333. The van der Waals surface area contributed by atoms with Gasteiger partial charge in [0.2, 0.25) is 0 Å². The monoisotopic (exact) mass is 320 g/mol. The Hall–Kier alpha value is -1.68. The molecule has 2 aromatic rings. The molecular weight excluding hydrogens is 304 g/mol. The van der Waals surface area contributed by atoms with E-state index in [-0.39, 0.29) is 12.5 Å². The molecule has 0 aromatic carbocycles. The lowest BCUT2D eigenvalue weighted by atomic mass is 10.1. The van der Waals surface area contributed by atoms with Gasteiger partial charge in [-0.25, -0.2) is 4.98 Å². The summed E-state index contributed by atoms with van der Waals surface area (Å²) in [5.74, 6) is 5.64. The molecular formula is C15H16N2O2S2. The average Bonchev–Trinajstić information content (AvgIpc) is 3.10. The molecule has 0 saturated heterocycles. The molecule has 0 radical (unpaired) electrons. The zero-order chi connectivity index (χ0) is 15.3. The van der Waals surface area contributed by atoms with Crippen LogP contribution < -0.4 is 5.32 Å². The maximum atomic E-state index is 12.3. The highest BCUT2D eigenvalue weighted by Gasteiger charge is 2.26. The van der Waals surface area contributed by atoms with E-state index >= 15 is 0 Å². The van der Waals surface area contributed by atoms with E-state index in [4.69, 9.17) is 5.11 Å². The minimum absolute atomic E-state index is 0.0493. The van der Waals surface area contributed by atoms with Crippen molar-refractivity contribution in [3.8, 4) is 11.8 Å². The van der Waals surface area contributed by atoms with E-state index in [1.807, 2.05) is 25.3 Å². The standard InChI is InChI=1S/C15H16N2O2S2/c1-15(2,14-16-8-10-20-14)17-13(19)12-7-6-11(21-12)5-3-4-9-18/h6-8,10,18H,4,9H2,1-2H3,(H,17,19). The minimum Gasteiger partial charge on any atom is -0.395 e. The maximum absolute atomic E-state index is 12.3. The van der Waals surface area contributed by atoms with Gasteiger partial charge in [-0.1, -0.05) is 11.8 Å². The first-order valence-corrected chi connectivity index (χ1v) is 8.14. The van der Waals surface area contributed by atoms with Gasteiger partial charge in [0.05, 0.1) is 21.9 Å². The molecule has 110 valence electrons. The summed E-state index contributed by atoms with van der Waals surface area (Å²) < 4.78 is 0. The van der Waals surface area contributed by atoms with Crippen molar-refractivity contribution in [1.29, 1.82) is 0 Å². The highest BCUT2D eigenvalue weighted by atomic mass is 32.1. The molecule has 2 rings (SSSR count). The first-order valence-electron chi connectivity index (χ1n) is 6.45. The van der Waals surface area contributed by atoms with Crippen LogP contribution in [0.15, 0.2) is 23.7 Å². The molecule has 6 heteroatoms. The number of rotatable bonds is 4. The number of thiazole rings is 1. The third-order valence-electron chi connectivity index (χ3n) is 2.67. The Kier molecular flexibility index (Phi) is 5.12. The fourth-order valence-corrected chi connectivity index (χ4v) is 3.16. The Bertz CT molecular complexity index is 663. The summed E-state index contributed by atoms with van der Waals surface area (Å²) in [6.45, 7) is 3.91. The molecule has 0 bridgehead atoms. The third kappa shape index (κ3) is 4.14. The van der Waals surface area contributed by atoms with Crippen LogP contribution >= 0.6 is 22.7 Å². The molecule has 0 aliphatic heterocycles. The Labute approximate surface area is 131 Å². The Morgan fingerprint density at radius 3 is 2.95 bits per heavy atom. The molecule has 0 saturated carbocycles. The summed E-state index contributed by atoms with van der Waals surface area (Å²) in [7, 11) is 0. The second-order valence-electron chi connectivity index (χ2n) is 4.86. The van der Waals surface area contributed by atoms with E-state index in [1.165, 1.54) is 22.7 Å². The largest absolute Gasteiger partial charge is 0.395 e. The number of aliphatic hydroxyl groups is 1. The molecule has 0 unspecified atom stereocenters. The number of carbonyl (C=O) groups excluding carboxylic acids is 1. The van der Waals surface area contributed by atoms with Crippen LogP contribution in [0.1, 0.15) is 39.8 Å². The molecule has 2 aromatic heterocycles. The van der Waals surface area contributed by atoms with Crippen LogP contribution in [0.2, 0.25) is 0 Å². The summed E-state index contributed by atoms with van der Waals surface area (Å²) in [4.78, 5) is 18.0. The first-order chi connectivity index (χ1) is 10.0. The lowest BCUT2D eigenvalue weighted by Gasteiger charge is -2.23. The number of hydrogen-bond acceptors (Lipinski definition) is 5. The molecule has 1 amide bonds. The van der Waals surface area contributed by atoms with Gasteiger partial charge in [0.25, 0.3) is 5.91 Å². The number of hydrogen-bond donors (Lipinski definition) is 2. The first kappa shape index (κ1) is 15.7. The molecule has 0 fully saturated rings. The molecule has 2 heterocycles. The van der Waals surface area contributed by atoms with Gasteiger partial charge in [0, 0.05) is 18.0 Å². The van der Waals surface area contributed by atoms with E-state index in [0.29, 0.717) is 11.3 Å². The normalized spacial score (nSPS) is 10.8. The van der Waals surface area contributed by atoms with Gasteiger partial charge in [0.15, 0.2) is 0 Å². The molecule has 0 aliphatic rings. The summed E-state index contributed by atoms with van der Waals surface area (Å²) in [5.41, 5.74) is -0.502. The zero-order valence-electron chi connectivity index (χ0n) is 11.8. The van der Waals surface area contributed by atoms with E-state index in [0.717, 1.165) is 9.88 Å². The van der Waals surface area contributed by atoms with Gasteiger partial charge in [-0.15, -0.1) is 22.7 Å². The summed E-state index contributed by atoms with van der Waals surface area (Å²) >= 11 is 2.86. The van der Waals surface area contributed by atoms with Crippen molar-refractivity contribution in [2.45, 2.75) is 25.8 Å². The topological polar surface area (TPSA) is 62.2 Å². The Balaban J connectivity index is 2.06. The van der Waals surface area contributed by atoms with Crippen molar-refractivity contribution >= 4 is 28.6 Å². The summed E-state index contributed by atoms with van der Waals surface area (Å²) in [5, 5.41) is 14.4. The van der Waals surface area contributed by atoms with Gasteiger partial charge < -0.3 is 10.4 Å². The van der Waals surface area contributed by atoms with Crippen LogP contribution in [0.25, 0.3) is 0 Å². The van der Waals surface area contributed by atoms with Gasteiger partial charge >= 0.3 is 0 Å². The van der Waals surface area contributed by atoms with E-state index in [9.17, 15) is 4.79 Å². The van der Waals surface area contributed by atoms with Crippen LogP contribution in [0.4, 0.5) is 0 Å². The van der Waals surface area contributed by atoms with Crippen molar-refractivity contribution < 1.29 is 9.90 Å². The minimum atomic E-state index is -0.502. The van der Waals surface area contributed by atoms with Crippen molar-refractivity contribution in [2.24, 2.45) is 0 Å². The lowest BCUT2D eigenvalue weighted by molar-refractivity contribution is 0.0916. The van der Waals surface area contributed by atoms with Gasteiger partial charge in [0.1, 0.15) is 5.01 Å². The molecule has 21 heavy (non-hydrogen) atoms. The molecule has 0 atom stereocenters. The van der Waals surface area contributed by atoms with Crippen LogP contribution in [-0.2, 0) is 5.54 Å². The second-order valence-corrected chi connectivity index (χ2v) is 6.83. The number of thiophene rings is 1. The van der Waals surface area contributed by atoms with Crippen molar-refractivity contribution in [1.82, 2.24) is 10.3 Å². The van der Waals surface area contributed by atoms with E-state index in [2.05, 4.69) is 22.1 Å². The lowest BCUT2D eigenvalue weighted by Crippen LogP contribution is -2.40. The number of nitrogens with zero attached hydrogens (tertiary/aromatic N) is 1. The maximum Gasteiger partial charge on any atom is 0.262 e. The smallest absolute Gasteiger partial charge is 0.262 e. The number of carbonyl (C=O) groups is 1. The predicted molar refractivity (Wildman–Crippen MR) is 85.5 cm³/mol. The Morgan fingerprint density at radius 1 is 1.48 bits per heavy atom. The fourth-order valence-electron chi connectivity index (χ4n) is 1.66. The number of aliphatic hydroxyl groups excluding tert-OH is 1. The van der Waals surface area contributed by atoms with Gasteiger partial charge in [-0.05, 0) is 26.0 Å². The van der Waals surface area contributed by atoms with Crippen LogP contribution in [-0.4, -0.2) is 22.6 Å². The predicted octanol–water partition coefficient (Wildman–Crippen LogP) is 2.60. The second kappa shape index (κ2) is 6.85. The molecule has 0 aliphatic carbocycles. The van der Waals surface area contributed by atoms with Crippen LogP contribution in [0, 0.1) is 11.8 Å². The quantitative estimate of drug-likeness (QED) is 0.851. The zero-order valence-corrected chi connectivity index (χ0v) is 13.5.